The standard InChI is InChI=1S/C25H23N3O3/c29-25(27-12-14-30-15-13-27)20-6-11-24-23(16-20)26-18-28(24)21-7-9-22(10-8-21)31-17-19-4-2-1-3-5-19/h1-11,16,18H,12-15,17H2. The van der Waals surface area contributed by atoms with E-state index in [1.165, 1.54) is 0 Å². The van der Waals surface area contributed by atoms with Crippen LogP contribution in [0.15, 0.2) is 79.1 Å². The van der Waals surface area contributed by atoms with Crippen molar-refractivity contribution in [2.24, 2.45) is 0 Å². The third kappa shape index (κ3) is 4.15. The second-order valence-electron chi connectivity index (χ2n) is 7.49. The maximum atomic E-state index is 12.7. The van der Waals surface area contributed by atoms with Crippen LogP contribution in [0.3, 0.4) is 0 Å². The number of hydrogen-bond donors (Lipinski definition) is 0. The van der Waals surface area contributed by atoms with Crippen molar-refractivity contribution in [1.29, 1.82) is 0 Å². The van der Waals surface area contributed by atoms with Gasteiger partial charge in [-0.3, -0.25) is 9.36 Å². The molecule has 5 rings (SSSR count). The molecule has 0 aliphatic carbocycles. The predicted molar refractivity (Wildman–Crippen MR) is 119 cm³/mol. The van der Waals surface area contributed by atoms with Crippen molar-refractivity contribution in [2.45, 2.75) is 6.61 Å². The van der Waals surface area contributed by atoms with Crippen LogP contribution in [0.4, 0.5) is 0 Å². The van der Waals surface area contributed by atoms with Crippen molar-refractivity contribution in [3.05, 3.63) is 90.3 Å². The Hall–Kier alpha value is -3.64. The van der Waals surface area contributed by atoms with Gasteiger partial charge in [0.25, 0.3) is 5.91 Å². The van der Waals surface area contributed by atoms with Crippen LogP contribution in [0.5, 0.6) is 5.75 Å². The zero-order chi connectivity index (χ0) is 21.0. The van der Waals surface area contributed by atoms with E-state index in [-0.39, 0.29) is 5.91 Å². The number of imidazole rings is 1. The Balaban J connectivity index is 1.32. The predicted octanol–water partition coefficient (Wildman–Crippen LogP) is 4.08. The third-order valence-corrected chi connectivity index (χ3v) is 5.46. The van der Waals surface area contributed by atoms with E-state index in [4.69, 9.17) is 9.47 Å². The van der Waals surface area contributed by atoms with E-state index in [0.717, 1.165) is 28.0 Å². The molecule has 1 aliphatic rings. The summed E-state index contributed by atoms with van der Waals surface area (Å²) in [4.78, 5) is 19.1. The summed E-state index contributed by atoms with van der Waals surface area (Å²) in [7, 11) is 0. The number of morpholine rings is 1. The summed E-state index contributed by atoms with van der Waals surface area (Å²) in [5.74, 6) is 0.843. The summed E-state index contributed by atoms with van der Waals surface area (Å²) < 4.78 is 13.2. The molecule has 156 valence electrons. The Morgan fingerprint density at radius 1 is 0.968 bits per heavy atom. The summed E-state index contributed by atoms with van der Waals surface area (Å²) in [5, 5.41) is 0. The van der Waals surface area contributed by atoms with Gasteiger partial charge in [-0.05, 0) is 48.0 Å². The van der Waals surface area contributed by atoms with Crippen molar-refractivity contribution in [3.63, 3.8) is 0 Å². The number of nitrogens with zero attached hydrogens (tertiary/aromatic N) is 3. The number of carbonyl (C=O) groups excluding carboxylic acids is 1. The highest BCUT2D eigenvalue weighted by molar-refractivity contribution is 5.97. The number of aromatic nitrogens is 2. The van der Waals surface area contributed by atoms with Gasteiger partial charge >= 0.3 is 0 Å². The number of fused-ring (bicyclic) bond motifs is 1. The summed E-state index contributed by atoms with van der Waals surface area (Å²) >= 11 is 0. The molecule has 4 aromatic rings. The highest BCUT2D eigenvalue weighted by Crippen LogP contribution is 2.23. The van der Waals surface area contributed by atoms with Crippen LogP contribution in [0.1, 0.15) is 15.9 Å². The number of rotatable bonds is 5. The van der Waals surface area contributed by atoms with Gasteiger partial charge in [-0.1, -0.05) is 30.3 Å². The largest absolute Gasteiger partial charge is 0.489 e. The molecule has 2 heterocycles. The zero-order valence-corrected chi connectivity index (χ0v) is 17.1. The molecule has 1 fully saturated rings. The monoisotopic (exact) mass is 413 g/mol. The number of benzene rings is 3. The zero-order valence-electron chi connectivity index (χ0n) is 17.1. The molecule has 6 heteroatoms. The Morgan fingerprint density at radius 3 is 2.52 bits per heavy atom. The summed E-state index contributed by atoms with van der Waals surface area (Å²) in [6, 6.07) is 23.7. The Labute approximate surface area is 180 Å². The van der Waals surface area contributed by atoms with Gasteiger partial charge in [0, 0.05) is 24.3 Å². The molecule has 0 saturated carbocycles. The fourth-order valence-corrected chi connectivity index (χ4v) is 3.74. The second kappa shape index (κ2) is 8.62. The normalized spacial score (nSPS) is 14.0. The average Bonchev–Trinajstić information content (AvgIpc) is 3.27. The first kappa shape index (κ1) is 19.3. The van der Waals surface area contributed by atoms with E-state index in [2.05, 4.69) is 4.98 Å². The van der Waals surface area contributed by atoms with E-state index in [1.807, 2.05) is 82.3 Å². The van der Waals surface area contributed by atoms with Crippen LogP contribution in [-0.2, 0) is 11.3 Å². The smallest absolute Gasteiger partial charge is 0.254 e. The van der Waals surface area contributed by atoms with Crippen LogP contribution in [0, 0.1) is 0 Å². The number of hydrogen-bond acceptors (Lipinski definition) is 4. The van der Waals surface area contributed by atoms with Gasteiger partial charge in [0.05, 0.1) is 24.2 Å². The van der Waals surface area contributed by atoms with E-state index in [1.54, 1.807) is 6.33 Å². The van der Waals surface area contributed by atoms with Crippen LogP contribution in [-0.4, -0.2) is 46.7 Å². The third-order valence-electron chi connectivity index (χ3n) is 5.46. The highest BCUT2D eigenvalue weighted by Gasteiger charge is 2.19. The van der Waals surface area contributed by atoms with Crippen molar-refractivity contribution in [1.82, 2.24) is 14.5 Å². The molecule has 0 spiro atoms. The molecule has 1 aromatic heterocycles. The molecule has 0 unspecified atom stereocenters. The van der Waals surface area contributed by atoms with Crippen LogP contribution >= 0.6 is 0 Å². The van der Waals surface area contributed by atoms with Gasteiger partial charge in [0.1, 0.15) is 18.7 Å². The van der Waals surface area contributed by atoms with Gasteiger partial charge in [-0.15, -0.1) is 0 Å². The minimum Gasteiger partial charge on any atom is -0.489 e. The quantitative estimate of drug-likeness (QED) is 0.495. The van der Waals surface area contributed by atoms with Crippen LogP contribution < -0.4 is 4.74 Å². The molecule has 0 atom stereocenters. The number of amides is 1. The van der Waals surface area contributed by atoms with Gasteiger partial charge < -0.3 is 14.4 Å². The molecule has 1 saturated heterocycles. The highest BCUT2D eigenvalue weighted by atomic mass is 16.5. The van der Waals surface area contributed by atoms with Gasteiger partial charge in [0.2, 0.25) is 0 Å². The molecule has 1 aliphatic heterocycles. The molecule has 0 N–H and O–H groups in total. The first-order chi connectivity index (χ1) is 15.3. The lowest BCUT2D eigenvalue weighted by molar-refractivity contribution is 0.0303. The summed E-state index contributed by atoms with van der Waals surface area (Å²) in [6.07, 6.45) is 1.79. The fourth-order valence-electron chi connectivity index (χ4n) is 3.74. The fraction of sp³-hybridized carbons (Fsp3) is 0.200. The maximum Gasteiger partial charge on any atom is 0.254 e. The van der Waals surface area contributed by atoms with Crippen molar-refractivity contribution in [3.8, 4) is 11.4 Å². The Bertz CT molecular complexity index is 1180. The van der Waals surface area contributed by atoms with E-state index >= 15 is 0 Å². The van der Waals surface area contributed by atoms with Crippen molar-refractivity contribution >= 4 is 16.9 Å². The van der Waals surface area contributed by atoms with E-state index in [9.17, 15) is 4.79 Å². The molecule has 1 amide bonds. The lowest BCUT2D eigenvalue weighted by Crippen LogP contribution is -2.40. The van der Waals surface area contributed by atoms with E-state index in [0.29, 0.717) is 38.5 Å². The lowest BCUT2D eigenvalue weighted by Gasteiger charge is -2.26. The summed E-state index contributed by atoms with van der Waals surface area (Å²) in [5.41, 5.74) is 4.53. The number of ether oxygens (including phenoxy) is 2. The van der Waals surface area contributed by atoms with Crippen molar-refractivity contribution < 1.29 is 14.3 Å². The topological polar surface area (TPSA) is 56.6 Å². The Morgan fingerprint density at radius 2 is 1.74 bits per heavy atom. The first-order valence-corrected chi connectivity index (χ1v) is 10.4. The van der Waals surface area contributed by atoms with Crippen LogP contribution in [0.2, 0.25) is 0 Å². The molecule has 0 radical (unpaired) electrons. The minimum atomic E-state index is 0.0275. The van der Waals surface area contributed by atoms with Gasteiger partial charge in [-0.25, -0.2) is 4.98 Å². The molecule has 6 nitrogen and oxygen atoms in total. The van der Waals surface area contributed by atoms with E-state index < -0.39 is 0 Å². The molecule has 31 heavy (non-hydrogen) atoms. The average molecular weight is 413 g/mol. The maximum absolute atomic E-state index is 12.7. The second-order valence-corrected chi connectivity index (χ2v) is 7.49. The van der Waals surface area contributed by atoms with Crippen molar-refractivity contribution in [2.75, 3.05) is 26.3 Å². The summed E-state index contributed by atoms with van der Waals surface area (Å²) in [6.45, 7) is 2.98. The van der Waals surface area contributed by atoms with Gasteiger partial charge in [-0.2, -0.15) is 0 Å². The number of carbonyl (C=O) groups is 1. The SMILES string of the molecule is O=C(c1ccc2c(c1)ncn2-c1ccc(OCc2ccccc2)cc1)N1CCOCC1. The molecule has 0 bridgehead atoms. The minimum absolute atomic E-state index is 0.0275. The Kier molecular flexibility index (Phi) is 5.37. The molecular weight excluding hydrogens is 390 g/mol. The van der Waals surface area contributed by atoms with Gasteiger partial charge in [0.15, 0.2) is 0 Å². The first-order valence-electron chi connectivity index (χ1n) is 10.4. The van der Waals surface area contributed by atoms with Crippen LogP contribution in [0.25, 0.3) is 16.7 Å². The lowest BCUT2D eigenvalue weighted by atomic mass is 10.1. The molecular formula is C25H23N3O3. The molecule has 3 aromatic carbocycles.